The molecule has 0 saturated carbocycles. The van der Waals surface area contributed by atoms with Crippen molar-refractivity contribution >= 4 is 29.0 Å². The molecule has 6 heteroatoms. The summed E-state index contributed by atoms with van der Waals surface area (Å²) in [6.07, 6.45) is 0.202. The fourth-order valence-electron chi connectivity index (χ4n) is 1.80. The first-order valence-corrected chi connectivity index (χ1v) is 7.63. The highest BCUT2D eigenvalue weighted by Gasteiger charge is 2.25. The lowest BCUT2D eigenvalue weighted by atomic mass is 10.0. The number of amides is 1. The average Bonchev–Trinajstić information content (AvgIpc) is 2.87. The number of hydrogen-bond donors (Lipinski definition) is 1. The molecule has 1 unspecified atom stereocenters. The van der Waals surface area contributed by atoms with Gasteiger partial charge in [0.2, 0.25) is 5.91 Å². The van der Waals surface area contributed by atoms with Gasteiger partial charge in [0.25, 0.3) is 0 Å². The number of ether oxygens (including phenoxy) is 1. The van der Waals surface area contributed by atoms with Crippen molar-refractivity contribution in [2.75, 3.05) is 7.11 Å². The van der Waals surface area contributed by atoms with Gasteiger partial charge >= 0.3 is 5.97 Å². The molecule has 0 aliphatic carbocycles. The van der Waals surface area contributed by atoms with E-state index < -0.39 is 12.0 Å². The number of thiophene rings is 1. The minimum atomic E-state index is -0.679. The molecule has 0 spiro atoms. The fourth-order valence-corrected chi connectivity index (χ4v) is 2.64. The Morgan fingerprint density at radius 1 is 1.24 bits per heavy atom. The zero-order chi connectivity index (χ0) is 16.0. The number of ketones is 1. The standard InChI is InChI=1S/C15H21NO4S/c1-9(2)14(15(19)20-4)16-13(18)8-6-11(17)12-7-5-10(3)21-12/h5,7,9,14H,6,8H2,1-4H3,(H,16,18). The van der Waals surface area contributed by atoms with Crippen molar-refractivity contribution in [3.05, 3.63) is 21.9 Å². The number of methoxy groups -OCH3 is 1. The smallest absolute Gasteiger partial charge is 0.328 e. The van der Waals surface area contributed by atoms with E-state index in [0.717, 1.165) is 4.88 Å². The van der Waals surface area contributed by atoms with E-state index >= 15 is 0 Å². The summed E-state index contributed by atoms with van der Waals surface area (Å²) >= 11 is 1.42. The molecule has 0 saturated heterocycles. The molecule has 21 heavy (non-hydrogen) atoms. The molecule has 0 aromatic carbocycles. The first kappa shape index (κ1) is 17.4. The lowest BCUT2D eigenvalue weighted by Crippen LogP contribution is -2.45. The topological polar surface area (TPSA) is 72.5 Å². The van der Waals surface area contributed by atoms with E-state index in [4.69, 9.17) is 0 Å². The van der Waals surface area contributed by atoms with Gasteiger partial charge in [0.05, 0.1) is 12.0 Å². The van der Waals surface area contributed by atoms with Gasteiger partial charge < -0.3 is 10.1 Å². The van der Waals surface area contributed by atoms with E-state index in [2.05, 4.69) is 10.1 Å². The monoisotopic (exact) mass is 311 g/mol. The second-order valence-electron chi connectivity index (χ2n) is 5.15. The van der Waals surface area contributed by atoms with Crippen molar-refractivity contribution in [1.29, 1.82) is 0 Å². The number of Topliss-reactive ketones (excluding diaryl/α,β-unsaturated/α-hetero) is 1. The Morgan fingerprint density at radius 2 is 1.90 bits per heavy atom. The maximum absolute atomic E-state index is 11.9. The van der Waals surface area contributed by atoms with Crippen molar-refractivity contribution in [2.45, 2.75) is 39.7 Å². The molecular formula is C15H21NO4S. The molecule has 1 rings (SSSR count). The number of carbonyl (C=O) groups excluding carboxylic acids is 3. The molecule has 1 atom stereocenters. The van der Waals surface area contributed by atoms with Crippen molar-refractivity contribution in [3.8, 4) is 0 Å². The van der Waals surface area contributed by atoms with Gasteiger partial charge in [-0.3, -0.25) is 9.59 Å². The molecular weight excluding hydrogens is 290 g/mol. The summed E-state index contributed by atoms with van der Waals surface area (Å²) in [7, 11) is 1.28. The highest BCUT2D eigenvalue weighted by atomic mass is 32.1. The summed E-state index contributed by atoms with van der Waals surface area (Å²) in [5.41, 5.74) is 0. The van der Waals surface area contributed by atoms with Gasteiger partial charge in [-0.05, 0) is 25.0 Å². The Hall–Kier alpha value is -1.69. The summed E-state index contributed by atoms with van der Waals surface area (Å²) in [6.45, 7) is 5.57. The number of carbonyl (C=O) groups is 3. The lowest BCUT2D eigenvalue weighted by Gasteiger charge is -2.19. The number of esters is 1. The summed E-state index contributed by atoms with van der Waals surface area (Å²) in [5.74, 6) is -0.918. The second-order valence-corrected chi connectivity index (χ2v) is 6.43. The maximum Gasteiger partial charge on any atom is 0.328 e. The van der Waals surface area contributed by atoms with Crippen LogP contribution in [-0.4, -0.2) is 30.8 Å². The van der Waals surface area contributed by atoms with Gasteiger partial charge in [0.15, 0.2) is 5.78 Å². The largest absolute Gasteiger partial charge is 0.467 e. The summed E-state index contributed by atoms with van der Waals surface area (Å²) < 4.78 is 4.65. The molecule has 5 nitrogen and oxygen atoms in total. The number of hydrogen-bond acceptors (Lipinski definition) is 5. The van der Waals surface area contributed by atoms with Crippen LogP contribution in [0.5, 0.6) is 0 Å². The predicted octanol–water partition coefficient (Wildman–Crippen LogP) is 2.33. The Balaban J connectivity index is 2.49. The van der Waals surface area contributed by atoms with Crippen LogP contribution in [0.4, 0.5) is 0 Å². The molecule has 0 fully saturated rings. The van der Waals surface area contributed by atoms with Crippen molar-refractivity contribution in [2.24, 2.45) is 5.92 Å². The van der Waals surface area contributed by atoms with Crippen LogP contribution in [-0.2, 0) is 14.3 Å². The zero-order valence-electron chi connectivity index (χ0n) is 12.8. The molecule has 0 radical (unpaired) electrons. The van der Waals surface area contributed by atoms with Crippen molar-refractivity contribution < 1.29 is 19.1 Å². The van der Waals surface area contributed by atoms with Crippen molar-refractivity contribution in [3.63, 3.8) is 0 Å². The normalized spacial score (nSPS) is 12.0. The van der Waals surface area contributed by atoms with E-state index in [1.165, 1.54) is 18.4 Å². The van der Waals surface area contributed by atoms with Gasteiger partial charge in [-0.1, -0.05) is 13.8 Å². The highest BCUT2D eigenvalue weighted by molar-refractivity contribution is 7.14. The van der Waals surface area contributed by atoms with Gasteiger partial charge in [-0.25, -0.2) is 4.79 Å². The van der Waals surface area contributed by atoms with Crippen LogP contribution >= 0.6 is 11.3 Å². The summed E-state index contributed by atoms with van der Waals surface area (Å²) in [6, 6.07) is 2.97. The van der Waals surface area contributed by atoms with Gasteiger partial charge in [0, 0.05) is 17.7 Å². The van der Waals surface area contributed by atoms with Gasteiger partial charge in [0.1, 0.15) is 6.04 Å². The fraction of sp³-hybridized carbons (Fsp3) is 0.533. The molecule has 1 aromatic rings. The molecule has 1 heterocycles. The number of rotatable bonds is 7. The van der Waals surface area contributed by atoms with Crippen LogP contribution in [0.3, 0.4) is 0 Å². The van der Waals surface area contributed by atoms with E-state index in [0.29, 0.717) is 4.88 Å². The SMILES string of the molecule is COC(=O)C(NC(=O)CCC(=O)c1ccc(C)s1)C(C)C. The quantitative estimate of drug-likeness (QED) is 0.619. The van der Waals surface area contributed by atoms with Gasteiger partial charge in [-0.15, -0.1) is 11.3 Å². The van der Waals surface area contributed by atoms with Crippen LogP contribution in [0.1, 0.15) is 41.2 Å². The number of aryl methyl sites for hydroxylation is 1. The van der Waals surface area contributed by atoms with Crippen LogP contribution in [0.2, 0.25) is 0 Å². The minimum Gasteiger partial charge on any atom is -0.467 e. The third-order valence-corrected chi connectivity index (χ3v) is 4.07. The highest BCUT2D eigenvalue weighted by Crippen LogP contribution is 2.17. The molecule has 0 bridgehead atoms. The molecule has 0 aliphatic heterocycles. The molecule has 1 aromatic heterocycles. The van der Waals surface area contributed by atoms with E-state index in [1.807, 2.05) is 26.8 Å². The molecule has 1 N–H and O–H groups in total. The summed E-state index contributed by atoms with van der Waals surface area (Å²) in [5, 5.41) is 2.62. The third kappa shape index (κ3) is 5.30. The minimum absolute atomic E-state index is 0.0533. The Labute approximate surface area is 128 Å². The van der Waals surface area contributed by atoms with Crippen LogP contribution in [0.25, 0.3) is 0 Å². The Bertz CT molecular complexity index is 521. The Kier molecular flexibility index (Phi) is 6.55. The van der Waals surface area contributed by atoms with E-state index in [1.54, 1.807) is 6.07 Å². The lowest BCUT2D eigenvalue weighted by molar-refractivity contribution is -0.146. The average molecular weight is 311 g/mol. The van der Waals surface area contributed by atoms with Gasteiger partial charge in [-0.2, -0.15) is 0 Å². The second kappa shape index (κ2) is 7.93. The Morgan fingerprint density at radius 3 is 2.38 bits per heavy atom. The van der Waals surface area contributed by atoms with Crippen LogP contribution in [0, 0.1) is 12.8 Å². The predicted molar refractivity (Wildman–Crippen MR) is 81.4 cm³/mol. The van der Waals surface area contributed by atoms with Crippen molar-refractivity contribution in [1.82, 2.24) is 5.32 Å². The number of nitrogens with one attached hydrogen (secondary N) is 1. The first-order chi connectivity index (χ1) is 9.85. The van der Waals surface area contributed by atoms with Crippen LogP contribution in [0.15, 0.2) is 12.1 Å². The summed E-state index contributed by atoms with van der Waals surface area (Å²) in [4.78, 5) is 37.0. The molecule has 1 amide bonds. The maximum atomic E-state index is 11.9. The van der Waals surface area contributed by atoms with E-state index in [-0.39, 0.29) is 30.4 Å². The van der Waals surface area contributed by atoms with Crippen LogP contribution < -0.4 is 5.32 Å². The molecule has 0 aliphatic rings. The first-order valence-electron chi connectivity index (χ1n) is 6.82. The third-order valence-electron chi connectivity index (χ3n) is 3.03. The zero-order valence-corrected chi connectivity index (χ0v) is 13.6. The van der Waals surface area contributed by atoms with E-state index in [9.17, 15) is 14.4 Å². The molecule has 116 valence electrons.